The first-order valence-electron chi connectivity index (χ1n) is 9.18. The molecular formula is C18H23N7O2. The summed E-state index contributed by atoms with van der Waals surface area (Å²) in [7, 11) is 0. The van der Waals surface area contributed by atoms with Crippen molar-refractivity contribution in [3.05, 3.63) is 36.2 Å². The predicted molar refractivity (Wildman–Crippen MR) is 99.9 cm³/mol. The number of anilines is 2. The number of hydrogen-bond acceptors (Lipinski definition) is 8. The number of rotatable bonds is 3. The van der Waals surface area contributed by atoms with Crippen LogP contribution in [0.15, 0.2) is 24.9 Å². The van der Waals surface area contributed by atoms with Gasteiger partial charge in [0.05, 0.1) is 13.2 Å². The highest BCUT2D eigenvalue weighted by atomic mass is 16.5. The van der Waals surface area contributed by atoms with E-state index in [0.29, 0.717) is 32.0 Å². The van der Waals surface area contributed by atoms with Crippen molar-refractivity contribution in [2.75, 3.05) is 62.3 Å². The number of aryl methyl sites for hydroxylation is 1. The minimum Gasteiger partial charge on any atom is -0.378 e. The molecule has 4 heterocycles. The lowest BCUT2D eigenvalue weighted by Gasteiger charge is -2.35. The zero-order chi connectivity index (χ0) is 18.6. The summed E-state index contributed by atoms with van der Waals surface area (Å²) in [5.41, 5.74) is 1.49. The molecule has 0 atom stereocenters. The third kappa shape index (κ3) is 3.82. The van der Waals surface area contributed by atoms with Crippen LogP contribution in [0.5, 0.6) is 0 Å². The van der Waals surface area contributed by atoms with E-state index in [4.69, 9.17) is 4.74 Å². The second-order valence-electron chi connectivity index (χ2n) is 6.67. The Kier molecular flexibility index (Phi) is 5.10. The molecule has 9 heteroatoms. The number of piperazine rings is 1. The molecule has 1 amide bonds. The molecule has 0 aromatic carbocycles. The van der Waals surface area contributed by atoms with Crippen molar-refractivity contribution in [3.63, 3.8) is 0 Å². The van der Waals surface area contributed by atoms with Gasteiger partial charge < -0.3 is 19.4 Å². The Morgan fingerprint density at radius 2 is 1.74 bits per heavy atom. The molecule has 2 aliphatic rings. The summed E-state index contributed by atoms with van der Waals surface area (Å²) < 4.78 is 5.38. The average molecular weight is 369 g/mol. The van der Waals surface area contributed by atoms with E-state index in [1.165, 1.54) is 6.33 Å². The molecule has 0 saturated carbocycles. The molecule has 2 saturated heterocycles. The first kappa shape index (κ1) is 17.6. The Bertz CT molecular complexity index is 802. The first-order valence-corrected chi connectivity index (χ1v) is 9.18. The van der Waals surface area contributed by atoms with E-state index in [1.807, 2.05) is 18.0 Å². The molecular weight excluding hydrogens is 346 g/mol. The lowest BCUT2D eigenvalue weighted by molar-refractivity contribution is 0.0740. The molecule has 0 radical (unpaired) electrons. The summed E-state index contributed by atoms with van der Waals surface area (Å²) in [4.78, 5) is 36.0. The molecule has 2 aromatic heterocycles. The lowest BCUT2D eigenvalue weighted by atomic mass is 10.2. The molecule has 0 aliphatic carbocycles. The van der Waals surface area contributed by atoms with Crippen molar-refractivity contribution in [2.24, 2.45) is 0 Å². The molecule has 0 spiro atoms. The van der Waals surface area contributed by atoms with E-state index in [-0.39, 0.29) is 5.91 Å². The van der Waals surface area contributed by atoms with Gasteiger partial charge in [-0.2, -0.15) is 0 Å². The average Bonchev–Trinajstić information content (AvgIpc) is 2.74. The number of aromatic nitrogens is 4. The number of morpholine rings is 1. The van der Waals surface area contributed by atoms with Crippen molar-refractivity contribution in [1.29, 1.82) is 0 Å². The molecule has 0 unspecified atom stereocenters. The fourth-order valence-corrected chi connectivity index (χ4v) is 3.44. The molecule has 0 bridgehead atoms. The second-order valence-corrected chi connectivity index (χ2v) is 6.67. The summed E-state index contributed by atoms with van der Waals surface area (Å²) in [5.74, 6) is 1.67. The van der Waals surface area contributed by atoms with Gasteiger partial charge in [0.1, 0.15) is 30.0 Å². The van der Waals surface area contributed by atoms with Gasteiger partial charge in [0.25, 0.3) is 5.91 Å². The summed E-state index contributed by atoms with van der Waals surface area (Å²) in [5, 5.41) is 0. The van der Waals surface area contributed by atoms with Gasteiger partial charge >= 0.3 is 0 Å². The molecule has 2 aromatic rings. The molecule has 142 valence electrons. The number of amides is 1. The van der Waals surface area contributed by atoms with E-state index < -0.39 is 0 Å². The maximum atomic E-state index is 12.9. The number of hydrogen-bond donors (Lipinski definition) is 0. The van der Waals surface area contributed by atoms with Crippen LogP contribution in [0.1, 0.15) is 16.1 Å². The van der Waals surface area contributed by atoms with E-state index in [9.17, 15) is 4.79 Å². The van der Waals surface area contributed by atoms with Crippen LogP contribution in [0.3, 0.4) is 0 Å². The molecule has 2 fully saturated rings. The van der Waals surface area contributed by atoms with Gasteiger partial charge in [-0.1, -0.05) is 0 Å². The number of nitrogens with zero attached hydrogens (tertiary/aromatic N) is 7. The van der Waals surface area contributed by atoms with Gasteiger partial charge in [0.2, 0.25) is 0 Å². The monoisotopic (exact) mass is 369 g/mol. The van der Waals surface area contributed by atoms with Crippen molar-refractivity contribution >= 4 is 17.5 Å². The standard InChI is InChI=1S/C18H23N7O2/c1-14-11-19-12-22-17(14)24-2-4-25(5-3-24)18(26)15-10-16(21-13-20-15)23-6-8-27-9-7-23/h10-13H,2-9H2,1H3. The van der Waals surface area contributed by atoms with Gasteiger partial charge in [0.15, 0.2) is 0 Å². The lowest BCUT2D eigenvalue weighted by Crippen LogP contribution is -2.49. The molecule has 0 N–H and O–H groups in total. The fourth-order valence-electron chi connectivity index (χ4n) is 3.44. The van der Waals surface area contributed by atoms with Crippen LogP contribution in [0.2, 0.25) is 0 Å². The maximum Gasteiger partial charge on any atom is 0.272 e. The van der Waals surface area contributed by atoms with E-state index in [1.54, 1.807) is 12.4 Å². The van der Waals surface area contributed by atoms with Gasteiger partial charge in [-0.15, -0.1) is 0 Å². The summed E-state index contributed by atoms with van der Waals surface area (Å²) in [6, 6.07) is 1.79. The summed E-state index contributed by atoms with van der Waals surface area (Å²) in [6.45, 7) is 7.67. The third-order valence-corrected chi connectivity index (χ3v) is 4.94. The SMILES string of the molecule is Cc1cncnc1N1CCN(C(=O)c2cc(N3CCOCC3)ncn2)CC1. The van der Waals surface area contributed by atoms with Crippen LogP contribution in [0, 0.1) is 6.92 Å². The number of carbonyl (C=O) groups excluding carboxylic acids is 1. The Balaban J connectivity index is 1.41. The Labute approximate surface area is 158 Å². The third-order valence-electron chi connectivity index (χ3n) is 4.94. The van der Waals surface area contributed by atoms with E-state index in [0.717, 1.165) is 43.4 Å². The highest BCUT2D eigenvalue weighted by molar-refractivity contribution is 5.93. The Hall–Kier alpha value is -2.81. The van der Waals surface area contributed by atoms with Crippen LogP contribution >= 0.6 is 0 Å². The maximum absolute atomic E-state index is 12.9. The Morgan fingerprint density at radius 3 is 2.48 bits per heavy atom. The van der Waals surface area contributed by atoms with Gasteiger partial charge in [-0.25, -0.2) is 19.9 Å². The molecule has 27 heavy (non-hydrogen) atoms. The molecule has 9 nitrogen and oxygen atoms in total. The van der Waals surface area contributed by atoms with E-state index in [2.05, 4.69) is 29.7 Å². The normalized spacial score (nSPS) is 17.9. The van der Waals surface area contributed by atoms with Crippen molar-refractivity contribution in [1.82, 2.24) is 24.8 Å². The van der Waals surface area contributed by atoms with Crippen molar-refractivity contribution in [3.8, 4) is 0 Å². The van der Waals surface area contributed by atoms with Crippen molar-refractivity contribution < 1.29 is 9.53 Å². The van der Waals surface area contributed by atoms with E-state index >= 15 is 0 Å². The van der Waals surface area contributed by atoms with Crippen LogP contribution in [0.25, 0.3) is 0 Å². The minimum atomic E-state index is -0.0500. The van der Waals surface area contributed by atoms with Gasteiger partial charge in [0, 0.05) is 57.1 Å². The topological polar surface area (TPSA) is 87.6 Å². The molecule has 4 rings (SSSR count). The van der Waals surface area contributed by atoms with Gasteiger partial charge in [-0.05, 0) is 6.92 Å². The van der Waals surface area contributed by atoms with Crippen LogP contribution in [-0.2, 0) is 4.74 Å². The van der Waals surface area contributed by atoms with Gasteiger partial charge in [-0.3, -0.25) is 4.79 Å². The minimum absolute atomic E-state index is 0.0500. The zero-order valence-corrected chi connectivity index (χ0v) is 15.4. The number of ether oxygens (including phenoxy) is 1. The number of carbonyl (C=O) groups is 1. The quantitative estimate of drug-likeness (QED) is 0.767. The smallest absolute Gasteiger partial charge is 0.272 e. The van der Waals surface area contributed by atoms with Crippen LogP contribution in [0.4, 0.5) is 11.6 Å². The largest absolute Gasteiger partial charge is 0.378 e. The summed E-state index contributed by atoms with van der Waals surface area (Å²) in [6.07, 6.45) is 4.85. The first-order chi connectivity index (χ1) is 13.2. The zero-order valence-electron chi connectivity index (χ0n) is 15.4. The fraction of sp³-hybridized carbons (Fsp3) is 0.500. The highest BCUT2D eigenvalue weighted by Gasteiger charge is 2.25. The van der Waals surface area contributed by atoms with Crippen molar-refractivity contribution in [2.45, 2.75) is 6.92 Å². The highest BCUT2D eigenvalue weighted by Crippen LogP contribution is 2.19. The summed E-state index contributed by atoms with van der Waals surface area (Å²) >= 11 is 0. The predicted octanol–water partition coefficient (Wildman–Crippen LogP) is 0.374. The second kappa shape index (κ2) is 7.83. The van der Waals surface area contributed by atoms with Crippen LogP contribution < -0.4 is 9.80 Å². The Morgan fingerprint density at radius 1 is 0.963 bits per heavy atom. The van der Waals surface area contributed by atoms with Crippen LogP contribution in [-0.4, -0.2) is 83.2 Å². The molecule has 2 aliphatic heterocycles.